The zero-order valence-electron chi connectivity index (χ0n) is 11.4. The third-order valence-corrected chi connectivity index (χ3v) is 5.36. The summed E-state index contributed by atoms with van der Waals surface area (Å²) in [5.41, 5.74) is 0.254. The zero-order valence-corrected chi connectivity index (χ0v) is 13.1. The third-order valence-electron chi connectivity index (χ3n) is 4.36. The molecule has 0 aromatic heterocycles. The molecule has 20 heavy (non-hydrogen) atoms. The highest BCUT2D eigenvalue weighted by Crippen LogP contribution is 2.40. The summed E-state index contributed by atoms with van der Waals surface area (Å²) in [6.45, 7) is 0.752. The summed E-state index contributed by atoms with van der Waals surface area (Å²) in [4.78, 5) is 0. The van der Waals surface area contributed by atoms with Gasteiger partial charge in [-0.2, -0.15) is 12.6 Å². The van der Waals surface area contributed by atoms with Crippen LogP contribution < -0.4 is 4.74 Å². The second-order valence-electron chi connectivity index (χ2n) is 5.75. The van der Waals surface area contributed by atoms with Crippen LogP contribution in [-0.2, 0) is 0 Å². The lowest BCUT2D eigenvalue weighted by atomic mass is 9.90. The van der Waals surface area contributed by atoms with Crippen molar-refractivity contribution in [2.75, 3.05) is 12.4 Å². The van der Waals surface area contributed by atoms with Crippen LogP contribution in [0.3, 0.4) is 0 Å². The molecular formula is C17H19ClOS. The smallest absolute Gasteiger partial charge is 0.127 e. The first-order valence-corrected chi connectivity index (χ1v) is 8.16. The van der Waals surface area contributed by atoms with Gasteiger partial charge in [-0.25, -0.2) is 0 Å². The molecule has 0 spiro atoms. The molecule has 0 aliphatic heterocycles. The molecule has 1 nitrogen and oxygen atoms in total. The molecule has 0 saturated heterocycles. The Kier molecular flexibility index (Phi) is 4.13. The van der Waals surface area contributed by atoms with Crippen LogP contribution >= 0.6 is 24.2 Å². The van der Waals surface area contributed by atoms with E-state index < -0.39 is 0 Å². The number of halogens is 1. The molecule has 2 aromatic rings. The predicted molar refractivity (Wildman–Crippen MR) is 89.2 cm³/mol. The molecule has 0 heterocycles. The number of thiol groups is 1. The van der Waals surface area contributed by atoms with Crippen molar-refractivity contribution in [3.8, 4) is 5.75 Å². The Morgan fingerprint density at radius 3 is 2.45 bits per heavy atom. The van der Waals surface area contributed by atoms with Gasteiger partial charge < -0.3 is 4.74 Å². The molecule has 2 aromatic carbocycles. The Balaban J connectivity index is 1.86. The molecule has 1 aliphatic rings. The van der Waals surface area contributed by atoms with E-state index in [4.69, 9.17) is 16.3 Å². The van der Waals surface area contributed by atoms with E-state index >= 15 is 0 Å². The lowest BCUT2D eigenvalue weighted by Gasteiger charge is -2.27. The second-order valence-corrected chi connectivity index (χ2v) is 6.47. The summed E-state index contributed by atoms with van der Waals surface area (Å²) in [7, 11) is 0. The van der Waals surface area contributed by atoms with Crippen LogP contribution in [0.25, 0.3) is 10.8 Å². The lowest BCUT2D eigenvalue weighted by molar-refractivity contribution is 0.175. The van der Waals surface area contributed by atoms with E-state index in [0.29, 0.717) is 0 Å². The van der Waals surface area contributed by atoms with Gasteiger partial charge in [0.15, 0.2) is 0 Å². The monoisotopic (exact) mass is 306 g/mol. The van der Waals surface area contributed by atoms with Gasteiger partial charge in [0, 0.05) is 21.2 Å². The molecule has 0 N–H and O–H groups in total. The van der Waals surface area contributed by atoms with Crippen molar-refractivity contribution >= 4 is 35.0 Å². The minimum Gasteiger partial charge on any atom is -0.492 e. The van der Waals surface area contributed by atoms with Gasteiger partial charge in [0.1, 0.15) is 5.75 Å². The van der Waals surface area contributed by atoms with Crippen molar-refractivity contribution in [2.45, 2.75) is 25.7 Å². The van der Waals surface area contributed by atoms with Crippen molar-refractivity contribution in [1.29, 1.82) is 0 Å². The third kappa shape index (κ3) is 2.64. The van der Waals surface area contributed by atoms with Crippen molar-refractivity contribution in [3.63, 3.8) is 0 Å². The fourth-order valence-electron chi connectivity index (χ4n) is 3.06. The normalized spacial score (nSPS) is 17.5. The van der Waals surface area contributed by atoms with E-state index in [-0.39, 0.29) is 5.41 Å². The van der Waals surface area contributed by atoms with Gasteiger partial charge in [0.25, 0.3) is 0 Å². The average molecular weight is 307 g/mol. The van der Waals surface area contributed by atoms with E-state index in [1.165, 1.54) is 25.7 Å². The van der Waals surface area contributed by atoms with Crippen LogP contribution in [0.4, 0.5) is 0 Å². The van der Waals surface area contributed by atoms with Gasteiger partial charge in [-0.1, -0.05) is 48.7 Å². The summed E-state index contributed by atoms with van der Waals surface area (Å²) in [6.07, 6.45) is 5.04. The summed E-state index contributed by atoms with van der Waals surface area (Å²) < 4.78 is 6.14. The highest BCUT2D eigenvalue weighted by Gasteiger charge is 2.33. The predicted octanol–water partition coefficient (Wildman–Crippen LogP) is 5.36. The quantitative estimate of drug-likeness (QED) is 0.748. The Morgan fingerprint density at radius 2 is 1.75 bits per heavy atom. The standard InChI is InChI=1S/C17H19ClOS/c18-15-7-8-16(14-6-2-1-5-13(14)15)19-11-17(12-20)9-3-4-10-17/h1-2,5-8,20H,3-4,9-12H2. The largest absolute Gasteiger partial charge is 0.492 e. The minimum absolute atomic E-state index is 0.254. The molecule has 0 bridgehead atoms. The average Bonchev–Trinajstić information content (AvgIpc) is 2.96. The molecular weight excluding hydrogens is 288 g/mol. The van der Waals surface area contributed by atoms with Gasteiger partial charge in [0.05, 0.1) is 6.61 Å². The van der Waals surface area contributed by atoms with Crippen molar-refractivity contribution in [3.05, 3.63) is 41.4 Å². The van der Waals surface area contributed by atoms with E-state index in [1.54, 1.807) is 0 Å². The van der Waals surface area contributed by atoms with Crippen molar-refractivity contribution < 1.29 is 4.74 Å². The van der Waals surface area contributed by atoms with Gasteiger partial charge in [0.2, 0.25) is 0 Å². The molecule has 1 aliphatic carbocycles. The van der Waals surface area contributed by atoms with E-state index in [1.807, 2.05) is 30.3 Å². The first-order valence-electron chi connectivity index (χ1n) is 7.15. The molecule has 1 fully saturated rings. The number of rotatable bonds is 4. The summed E-state index contributed by atoms with van der Waals surface area (Å²) in [6, 6.07) is 12.0. The second kappa shape index (κ2) is 5.87. The van der Waals surface area contributed by atoms with Crippen LogP contribution in [0.15, 0.2) is 36.4 Å². The zero-order chi connectivity index (χ0) is 14.0. The van der Waals surface area contributed by atoms with Crippen LogP contribution in [-0.4, -0.2) is 12.4 Å². The number of fused-ring (bicyclic) bond motifs is 1. The van der Waals surface area contributed by atoms with E-state index in [2.05, 4.69) is 18.7 Å². The summed E-state index contributed by atoms with van der Waals surface area (Å²) >= 11 is 10.8. The Labute approximate surface area is 130 Å². The van der Waals surface area contributed by atoms with E-state index in [9.17, 15) is 0 Å². The maximum Gasteiger partial charge on any atom is 0.127 e. The first-order chi connectivity index (χ1) is 9.74. The minimum atomic E-state index is 0.254. The highest BCUT2D eigenvalue weighted by atomic mass is 35.5. The molecule has 0 unspecified atom stereocenters. The van der Waals surface area contributed by atoms with Crippen molar-refractivity contribution in [1.82, 2.24) is 0 Å². The first kappa shape index (κ1) is 14.1. The number of hydrogen-bond donors (Lipinski definition) is 1. The molecule has 0 radical (unpaired) electrons. The van der Waals surface area contributed by atoms with Gasteiger partial charge in [-0.15, -0.1) is 0 Å². The summed E-state index contributed by atoms with van der Waals surface area (Å²) in [5.74, 6) is 1.83. The molecule has 0 amide bonds. The Bertz CT molecular complexity index is 605. The maximum atomic E-state index is 6.24. The van der Waals surface area contributed by atoms with Crippen LogP contribution in [0.2, 0.25) is 5.02 Å². The van der Waals surface area contributed by atoms with Crippen LogP contribution in [0.1, 0.15) is 25.7 Å². The highest BCUT2D eigenvalue weighted by molar-refractivity contribution is 7.80. The Morgan fingerprint density at radius 1 is 1.05 bits per heavy atom. The van der Waals surface area contributed by atoms with Gasteiger partial charge in [-0.05, 0) is 30.7 Å². The Hall–Kier alpha value is -0.860. The number of hydrogen-bond acceptors (Lipinski definition) is 2. The number of ether oxygens (including phenoxy) is 1. The molecule has 106 valence electrons. The van der Waals surface area contributed by atoms with Crippen LogP contribution in [0, 0.1) is 5.41 Å². The maximum absolute atomic E-state index is 6.24. The van der Waals surface area contributed by atoms with Crippen molar-refractivity contribution in [2.24, 2.45) is 5.41 Å². The van der Waals surface area contributed by atoms with Gasteiger partial charge >= 0.3 is 0 Å². The molecule has 1 saturated carbocycles. The van der Waals surface area contributed by atoms with E-state index in [0.717, 1.165) is 33.9 Å². The molecule has 3 heteroatoms. The number of benzene rings is 2. The fourth-order valence-corrected chi connectivity index (χ4v) is 3.70. The summed E-state index contributed by atoms with van der Waals surface area (Å²) in [5, 5.41) is 2.92. The van der Waals surface area contributed by atoms with Crippen LogP contribution in [0.5, 0.6) is 5.75 Å². The van der Waals surface area contributed by atoms with Gasteiger partial charge in [-0.3, -0.25) is 0 Å². The fraction of sp³-hybridized carbons (Fsp3) is 0.412. The topological polar surface area (TPSA) is 9.23 Å². The molecule has 0 atom stereocenters. The molecule has 3 rings (SSSR count). The SMILES string of the molecule is SCC1(COc2ccc(Cl)c3ccccc23)CCCC1. The lowest BCUT2D eigenvalue weighted by Crippen LogP contribution is -2.27.